The first-order valence-electron chi connectivity index (χ1n) is 14.8. The number of nitrogens with one attached hydrogen (secondary N) is 2. The SMILES string of the molecule is CCCCCCCCCC1(c2ccc(CC(NS(=O)(=O)c3cccnc3)c3cccc(NCC(=O)O)n3)cc2)CC1.Cl. The van der Waals surface area contributed by atoms with Crippen LogP contribution in [0, 0.1) is 0 Å². The summed E-state index contributed by atoms with van der Waals surface area (Å²) < 4.78 is 29.3. The fraction of sp³-hybridized carbons (Fsp3) is 0.469. The number of unbranched alkanes of at least 4 members (excludes halogenated alkanes) is 6. The van der Waals surface area contributed by atoms with Crippen molar-refractivity contribution in [2.24, 2.45) is 0 Å². The van der Waals surface area contributed by atoms with E-state index >= 15 is 0 Å². The van der Waals surface area contributed by atoms with Gasteiger partial charge in [-0.25, -0.2) is 18.1 Å². The van der Waals surface area contributed by atoms with E-state index < -0.39 is 22.0 Å². The highest BCUT2D eigenvalue weighted by Crippen LogP contribution is 2.52. The average Bonchev–Trinajstić information content (AvgIpc) is 3.77. The van der Waals surface area contributed by atoms with Gasteiger partial charge in [-0.2, -0.15) is 0 Å². The van der Waals surface area contributed by atoms with Crippen LogP contribution in [0.5, 0.6) is 0 Å². The molecule has 0 aliphatic heterocycles. The summed E-state index contributed by atoms with van der Waals surface area (Å²) >= 11 is 0. The highest BCUT2D eigenvalue weighted by molar-refractivity contribution is 7.89. The van der Waals surface area contributed by atoms with Crippen molar-refractivity contribution in [3.63, 3.8) is 0 Å². The van der Waals surface area contributed by atoms with Crippen LogP contribution in [-0.2, 0) is 26.7 Å². The predicted molar refractivity (Wildman–Crippen MR) is 169 cm³/mol. The first-order chi connectivity index (χ1) is 19.8. The van der Waals surface area contributed by atoms with Gasteiger partial charge >= 0.3 is 5.97 Å². The van der Waals surface area contributed by atoms with Crippen LogP contribution < -0.4 is 10.0 Å². The van der Waals surface area contributed by atoms with E-state index in [0.717, 1.165) is 5.56 Å². The number of hydrogen-bond donors (Lipinski definition) is 3. The standard InChI is InChI=1S/C32H42N4O4S.ClH/c1-2-3-4-5-6-7-8-18-32(19-20-32)26-16-14-25(15-17-26)22-29(36-41(39,40)27-11-10-21-33-23-27)28-12-9-13-30(35-28)34-24-31(37)38;/h9-17,21,23,29,36H,2-8,18-20,22,24H2,1H3,(H,34,35)(H,37,38);1H. The molecule has 1 fully saturated rings. The summed E-state index contributed by atoms with van der Waals surface area (Å²) in [6, 6.07) is 16.2. The van der Waals surface area contributed by atoms with Gasteiger partial charge in [0.1, 0.15) is 17.3 Å². The number of hydrogen-bond acceptors (Lipinski definition) is 6. The van der Waals surface area contributed by atoms with Gasteiger partial charge in [0.25, 0.3) is 0 Å². The smallest absolute Gasteiger partial charge is 0.322 e. The number of halogens is 1. The summed E-state index contributed by atoms with van der Waals surface area (Å²) in [4.78, 5) is 19.6. The summed E-state index contributed by atoms with van der Waals surface area (Å²) in [5.74, 6) is -0.640. The van der Waals surface area contributed by atoms with Crippen LogP contribution in [0.2, 0.25) is 0 Å². The third kappa shape index (κ3) is 9.78. The van der Waals surface area contributed by atoms with Crippen LogP contribution in [0.3, 0.4) is 0 Å². The molecule has 0 spiro atoms. The van der Waals surface area contributed by atoms with Gasteiger partial charge < -0.3 is 10.4 Å². The van der Waals surface area contributed by atoms with Gasteiger partial charge in [-0.1, -0.05) is 82.2 Å². The summed E-state index contributed by atoms with van der Waals surface area (Å²) in [6.07, 6.45) is 16.1. The monoisotopic (exact) mass is 614 g/mol. The van der Waals surface area contributed by atoms with Crippen molar-refractivity contribution in [3.05, 3.63) is 83.8 Å². The van der Waals surface area contributed by atoms with Crippen molar-refractivity contribution in [3.8, 4) is 0 Å². The zero-order chi connectivity index (χ0) is 29.1. The fourth-order valence-corrected chi connectivity index (χ4v) is 6.53. The molecule has 1 aliphatic carbocycles. The molecule has 0 saturated heterocycles. The second-order valence-corrected chi connectivity index (χ2v) is 12.8. The van der Waals surface area contributed by atoms with Crippen LogP contribution in [0.15, 0.2) is 71.9 Å². The lowest BCUT2D eigenvalue weighted by Gasteiger charge is -2.20. The second kappa shape index (κ2) is 16.0. The Bertz CT molecular complexity index is 1370. The molecule has 1 aromatic carbocycles. The number of pyridine rings is 2. The van der Waals surface area contributed by atoms with Crippen LogP contribution in [0.4, 0.5) is 5.82 Å². The lowest BCUT2D eigenvalue weighted by Crippen LogP contribution is -2.31. The number of carboxylic acids is 1. The number of rotatable bonds is 18. The average molecular weight is 615 g/mol. The fourth-order valence-electron chi connectivity index (χ4n) is 5.36. The van der Waals surface area contributed by atoms with E-state index in [9.17, 15) is 13.2 Å². The Balaban J connectivity index is 0.00000484. The van der Waals surface area contributed by atoms with Gasteiger partial charge in [-0.05, 0) is 66.5 Å². The molecule has 1 unspecified atom stereocenters. The predicted octanol–water partition coefficient (Wildman–Crippen LogP) is 6.83. The summed E-state index contributed by atoms with van der Waals surface area (Å²) in [7, 11) is -3.88. The minimum Gasteiger partial charge on any atom is -0.480 e. The first-order valence-corrected chi connectivity index (χ1v) is 16.2. The zero-order valence-electron chi connectivity index (χ0n) is 24.3. The van der Waals surface area contributed by atoms with Crippen LogP contribution in [0.25, 0.3) is 0 Å². The Morgan fingerprint density at radius 2 is 1.69 bits per heavy atom. The number of aromatic nitrogens is 2. The molecule has 10 heteroatoms. The molecule has 0 radical (unpaired) electrons. The maximum atomic E-state index is 13.2. The van der Waals surface area contributed by atoms with E-state index in [0.29, 0.717) is 23.3 Å². The van der Waals surface area contributed by atoms with Crippen molar-refractivity contribution in [2.45, 2.75) is 93.9 Å². The molecule has 2 aromatic heterocycles. The Hall–Kier alpha value is -3.01. The quantitative estimate of drug-likeness (QED) is 0.134. The molecule has 1 saturated carbocycles. The van der Waals surface area contributed by atoms with Gasteiger partial charge in [0, 0.05) is 12.4 Å². The van der Waals surface area contributed by atoms with E-state index in [1.165, 1.54) is 88.2 Å². The van der Waals surface area contributed by atoms with E-state index in [4.69, 9.17) is 5.11 Å². The summed E-state index contributed by atoms with van der Waals surface area (Å²) in [5, 5.41) is 11.8. The molecule has 228 valence electrons. The molecule has 8 nitrogen and oxygen atoms in total. The van der Waals surface area contributed by atoms with Crippen LogP contribution in [-0.4, -0.2) is 36.0 Å². The summed E-state index contributed by atoms with van der Waals surface area (Å²) in [6.45, 7) is 1.96. The van der Waals surface area contributed by atoms with Crippen LogP contribution >= 0.6 is 12.4 Å². The van der Waals surface area contributed by atoms with Gasteiger partial charge in [-0.3, -0.25) is 9.78 Å². The maximum absolute atomic E-state index is 13.2. The van der Waals surface area contributed by atoms with Gasteiger partial charge in [0.15, 0.2) is 0 Å². The molecule has 0 bridgehead atoms. The van der Waals surface area contributed by atoms with E-state index in [-0.39, 0.29) is 23.8 Å². The van der Waals surface area contributed by atoms with Crippen molar-refractivity contribution in [2.75, 3.05) is 11.9 Å². The normalized spacial score (nSPS) is 14.5. The van der Waals surface area contributed by atoms with Gasteiger partial charge in [0.05, 0.1) is 11.7 Å². The van der Waals surface area contributed by atoms with E-state index in [2.05, 4.69) is 51.2 Å². The van der Waals surface area contributed by atoms with Crippen molar-refractivity contribution in [1.82, 2.24) is 14.7 Å². The van der Waals surface area contributed by atoms with Crippen LogP contribution in [0.1, 0.15) is 94.0 Å². The van der Waals surface area contributed by atoms with E-state index in [1.807, 2.05) is 0 Å². The molecular formula is C32H43ClN4O4S. The van der Waals surface area contributed by atoms with Gasteiger partial charge in [-0.15, -0.1) is 12.4 Å². The van der Waals surface area contributed by atoms with Crippen molar-refractivity contribution in [1.29, 1.82) is 0 Å². The number of anilines is 1. The van der Waals surface area contributed by atoms with Gasteiger partial charge in [0.2, 0.25) is 10.0 Å². The summed E-state index contributed by atoms with van der Waals surface area (Å²) in [5.41, 5.74) is 3.16. The Morgan fingerprint density at radius 3 is 2.33 bits per heavy atom. The lowest BCUT2D eigenvalue weighted by molar-refractivity contribution is -0.134. The molecule has 4 rings (SSSR count). The molecule has 3 aromatic rings. The minimum absolute atomic E-state index is 0. The molecule has 3 N–H and O–H groups in total. The highest BCUT2D eigenvalue weighted by atomic mass is 35.5. The Labute approximate surface area is 256 Å². The molecule has 1 aliphatic rings. The molecule has 42 heavy (non-hydrogen) atoms. The molecule has 1 atom stereocenters. The largest absolute Gasteiger partial charge is 0.480 e. The zero-order valence-corrected chi connectivity index (χ0v) is 25.9. The number of aliphatic carboxylic acids is 1. The van der Waals surface area contributed by atoms with Crippen molar-refractivity contribution < 1.29 is 18.3 Å². The second-order valence-electron chi connectivity index (χ2n) is 11.1. The minimum atomic E-state index is -3.88. The lowest BCUT2D eigenvalue weighted by atomic mass is 9.88. The molecule has 2 heterocycles. The molecular weight excluding hydrogens is 572 g/mol. The number of sulfonamides is 1. The number of nitrogens with zero attached hydrogens (tertiary/aromatic N) is 2. The maximum Gasteiger partial charge on any atom is 0.322 e. The molecule has 0 amide bonds. The Kier molecular flexibility index (Phi) is 12.8. The third-order valence-corrected chi connectivity index (χ3v) is 9.37. The first kappa shape index (κ1) is 33.5. The number of carboxylic acid groups (broad SMARTS) is 1. The topological polar surface area (TPSA) is 121 Å². The third-order valence-electron chi connectivity index (χ3n) is 7.91. The Morgan fingerprint density at radius 1 is 0.976 bits per heavy atom. The van der Waals surface area contributed by atoms with E-state index in [1.54, 1.807) is 24.3 Å². The number of benzene rings is 1. The number of carbonyl (C=O) groups is 1. The highest BCUT2D eigenvalue weighted by Gasteiger charge is 2.43. The van der Waals surface area contributed by atoms with Crippen molar-refractivity contribution >= 4 is 34.2 Å².